The summed E-state index contributed by atoms with van der Waals surface area (Å²) < 4.78 is 0. The van der Waals surface area contributed by atoms with Gasteiger partial charge in [0.05, 0.1) is 26.4 Å². The Morgan fingerprint density at radius 3 is 1.21 bits per heavy atom. The number of rotatable bonds is 24. The standard InChI is InChI=1S/C24H44O10/c25-17-21(18-26)31-33-23(29)15-13-11-9-7-5-3-1-2-4-6-8-10-12-14-16-24(30)34-32-22(19-27)20-28/h1-2,21-22,25-28H,3-20H2/b2-1+. The summed E-state index contributed by atoms with van der Waals surface area (Å²) in [6, 6.07) is 0. The summed E-state index contributed by atoms with van der Waals surface area (Å²) in [5, 5.41) is 35.2. The monoisotopic (exact) mass is 492 g/mol. The van der Waals surface area contributed by atoms with Crippen molar-refractivity contribution in [2.24, 2.45) is 0 Å². The van der Waals surface area contributed by atoms with Gasteiger partial charge in [0.15, 0.2) is 12.2 Å². The lowest BCUT2D eigenvalue weighted by Gasteiger charge is -2.10. The first-order valence-corrected chi connectivity index (χ1v) is 12.4. The topological polar surface area (TPSA) is 152 Å². The fourth-order valence-corrected chi connectivity index (χ4v) is 2.92. The lowest BCUT2D eigenvalue weighted by Crippen LogP contribution is -2.23. The maximum absolute atomic E-state index is 11.4. The van der Waals surface area contributed by atoms with Crippen LogP contribution < -0.4 is 0 Å². The van der Waals surface area contributed by atoms with Gasteiger partial charge >= 0.3 is 11.9 Å². The predicted molar refractivity (Wildman–Crippen MR) is 124 cm³/mol. The highest BCUT2D eigenvalue weighted by Gasteiger charge is 2.12. The van der Waals surface area contributed by atoms with E-state index in [2.05, 4.69) is 31.7 Å². The number of carbonyl (C=O) groups is 2. The summed E-state index contributed by atoms with van der Waals surface area (Å²) in [6.07, 6.45) is 15.2. The lowest BCUT2D eigenvalue weighted by molar-refractivity contribution is -0.307. The Hall–Kier alpha value is -1.56. The molecule has 0 bridgehead atoms. The molecule has 0 aromatic heterocycles. The molecule has 34 heavy (non-hydrogen) atoms. The number of aliphatic hydroxyl groups is 4. The Kier molecular flexibility index (Phi) is 23.4. The Balaban J connectivity index is 3.37. The van der Waals surface area contributed by atoms with Crippen LogP contribution in [-0.2, 0) is 29.1 Å². The number of allylic oxidation sites excluding steroid dienone is 2. The summed E-state index contributed by atoms with van der Waals surface area (Å²) in [4.78, 5) is 41.2. The molecule has 4 N–H and O–H groups in total. The number of unbranched alkanes of at least 4 members (excludes halogenated alkanes) is 10. The van der Waals surface area contributed by atoms with Crippen molar-refractivity contribution in [1.29, 1.82) is 0 Å². The normalized spacial score (nSPS) is 11.6. The van der Waals surface area contributed by atoms with E-state index in [1.807, 2.05) is 0 Å². The molecular weight excluding hydrogens is 448 g/mol. The van der Waals surface area contributed by atoms with E-state index in [1.165, 1.54) is 0 Å². The van der Waals surface area contributed by atoms with Gasteiger partial charge < -0.3 is 20.4 Å². The molecule has 0 aromatic carbocycles. The minimum Gasteiger partial charge on any atom is -0.393 e. The number of carbonyl (C=O) groups excluding carboxylic acids is 2. The second-order valence-corrected chi connectivity index (χ2v) is 8.16. The van der Waals surface area contributed by atoms with E-state index in [0.29, 0.717) is 0 Å². The zero-order valence-electron chi connectivity index (χ0n) is 20.3. The van der Waals surface area contributed by atoms with Crippen LogP contribution in [0.25, 0.3) is 0 Å². The van der Waals surface area contributed by atoms with Gasteiger partial charge in [0.25, 0.3) is 0 Å². The summed E-state index contributed by atoms with van der Waals surface area (Å²) in [7, 11) is 0. The Morgan fingerprint density at radius 1 is 0.529 bits per heavy atom. The third-order valence-electron chi connectivity index (χ3n) is 5.04. The van der Waals surface area contributed by atoms with Crippen LogP contribution in [0.5, 0.6) is 0 Å². The zero-order chi connectivity index (χ0) is 25.3. The molecule has 0 heterocycles. The van der Waals surface area contributed by atoms with Crippen LogP contribution in [0.2, 0.25) is 0 Å². The van der Waals surface area contributed by atoms with Gasteiger partial charge in [0.1, 0.15) is 0 Å². The van der Waals surface area contributed by atoms with Crippen molar-refractivity contribution in [3.63, 3.8) is 0 Å². The SMILES string of the molecule is O=C(CCCCCCC/C=C/CCCCCCCC(=O)OOC(CO)CO)OOC(CO)CO. The van der Waals surface area contributed by atoms with E-state index in [4.69, 9.17) is 20.4 Å². The van der Waals surface area contributed by atoms with Crippen molar-refractivity contribution in [2.75, 3.05) is 26.4 Å². The molecule has 0 aliphatic carbocycles. The van der Waals surface area contributed by atoms with E-state index < -0.39 is 50.6 Å². The molecule has 0 aromatic rings. The van der Waals surface area contributed by atoms with Crippen molar-refractivity contribution in [1.82, 2.24) is 0 Å². The fourth-order valence-electron chi connectivity index (χ4n) is 2.92. The largest absolute Gasteiger partial charge is 0.393 e. The van der Waals surface area contributed by atoms with Gasteiger partial charge in [-0.2, -0.15) is 9.78 Å². The molecule has 0 saturated carbocycles. The van der Waals surface area contributed by atoms with Crippen molar-refractivity contribution < 1.29 is 49.6 Å². The van der Waals surface area contributed by atoms with Crippen molar-refractivity contribution in [3.05, 3.63) is 12.2 Å². The molecule has 0 rings (SSSR count). The first-order chi connectivity index (χ1) is 16.6. The quantitative estimate of drug-likeness (QED) is 0.0685. The molecule has 0 amide bonds. The third-order valence-corrected chi connectivity index (χ3v) is 5.04. The lowest BCUT2D eigenvalue weighted by atomic mass is 10.1. The highest BCUT2D eigenvalue weighted by molar-refractivity contribution is 5.68. The highest BCUT2D eigenvalue weighted by atomic mass is 17.2. The summed E-state index contributed by atoms with van der Waals surface area (Å²) >= 11 is 0. The maximum Gasteiger partial charge on any atom is 0.342 e. The maximum atomic E-state index is 11.4. The van der Waals surface area contributed by atoms with Gasteiger partial charge in [-0.3, -0.25) is 9.78 Å². The molecule has 0 atom stereocenters. The van der Waals surface area contributed by atoms with Crippen LogP contribution in [-0.4, -0.2) is 71.0 Å². The van der Waals surface area contributed by atoms with E-state index >= 15 is 0 Å². The summed E-state index contributed by atoms with van der Waals surface area (Å²) in [6.45, 7) is -1.63. The smallest absolute Gasteiger partial charge is 0.342 e. The van der Waals surface area contributed by atoms with E-state index in [9.17, 15) is 9.59 Å². The second kappa shape index (κ2) is 24.6. The molecule has 0 unspecified atom stereocenters. The molecule has 0 aliphatic rings. The summed E-state index contributed by atoms with van der Waals surface area (Å²) in [5.41, 5.74) is 0. The van der Waals surface area contributed by atoms with E-state index in [1.54, 1.807) is 0 Å². The van der Waals surface area contributed by atoms with Gasteiger partial charge in [-0.25, -0.2) is 9.59 Å². The molecule has 0 saturated heterocycles. The molecule has 0 fully saturated rings. The average Bonchev–Trinajstić information content (AvgIpc) is 2.85. The minimum absolute atomic E-state index is 0.262. The van der Waals surface area contributed by atoms with E-state index in [-0.39, 0.29) is 12.8 Å². The van der Waals surface area contributed by atoms with Gasteiger partial charge in [-0.05, 0) is 38.5 Å². The number of aliphatic hydroxyl groups excluding tert-OH is 4. The molecule has 10 heteroatoms. The van der Waals surface area contributed by atoms with Crippen LogP contribution in [0.3, 0.4) is 0 Å². The number of hydrogen-bond donors (Lipinski definition) is 4. The fraction of sp³-hybridized carbons (Fsp3) is 0.833. The summed E-state index contributed by atoms with van der Waals surface area (Å²) in [5.74, 6) is -0.976. The van der Waals surface area contributed by atoms with Crippen LogP contribution in [0.4, 0.5) is 0 Å². The molecular formula is C24H44O10. The first-order valence-electron chi connectivity index (χ1n) is 12.4. The van der Waals surface area contributed by atoms with Crippen LogP contribution in [0.1, 0.15) is 89.9 Å². The molecule has 0 spiro atoms. The molecule has 10 nitrogen and oxygen atoms in total. The van der Waals surface area contributed by atoms with Crippen molar-refractivity contribution in [3.8, 4) is 0 Å². The first kappa shape index (κ1) is 32.4. The predicted octanol–water partition coefficient (Wildman–Crippen LogP) is 2.66. The van der Waals surface area contributed by atoms with Gasteiger partial charge in [-0.1, -0.05) is 50.7 Å². The van der Waals surface area contributed by atoms with Crippen LogP contribution >= 0.6 is 0 Å². The molecule has 0 aliphatic heterocycles. The van der Waals surface area contributed by atoms with E-state index in [0.717, 1.165) is 77.0 Å². The molecule has 200 valence electrons. The van der Waals surface area contributed by atoms with Gasteiger partial charge in [-0.15, -0.1) is 0 Å². The van der Waals surface area contributed by atoms with Gasteiger partial charge in [0, 0.05) is 12.8 Å². The number of hydrogen-bond acceptors (Lipinski definition) is 10. The van der Waals surface area contributed by atoms with Crippen LogP contribution in [0, 0.1) is 0 Å². The molecule has 0 radical (unpaired) electrons. The van der Waals surface area contributed by atoms with Crippen molar-refractivity contribution in [2.45, 2.75) is 102 Å². The highest BCUT2D eigenvalue weighted by Crippen LogP contribution is 2.11. The minimum atomic E-state index is -0.888. The average molecular weight is 493 g/mol. The zero-order valence-corrected chi connectivity index (χ0v) is 20.3. The Morgan fingerprint density at radius 2 is 0.853 bits per heavy atom. The van der Waals surface area contributed by atoms with Crippen LogP contribution in [0.15, 0.2) is 12.2 Å². The third kappa shape index (κ3) is 21.0. The Bertz CT molecular complexity index is 460. The van der Waals surface area contributed by atoms with Crippen molar-refractivity contribution >= 4 is 11.9 Å². The van der Waals surface area contributed by atoms with Gasteiger partial charge in [0.2, 0.25) is 0 Å². The Labute approximate surface area is 202 Å². The second-order valence-electron chi connectivity index (χ2n) is 8.16.